The molecule has 0 amide bonds. The molecular formula is C9H7N3S2. The number of aryl methyl sites for hydroxylation is 1. The Morgan fingerprint density at radius 3 is 3.00 bits per heavy atom. The first kappa shape index (κ1) is 8.14. The zero-order valence-corrected chi connectivity index (χ0v) is 9.10. The van der Waals surface area contributed by atoms with E-state index >= 15 is 0 Å². The highest BCUT2D eigenvalue weighted by atomic mass is 32.1. The number of hydrogen-bond acceptors (Lipinski definition) is 4. The maximum Gasteiger partial charge on any atom is 0.194 e. The van der Waals surface area contributed by atoms with E-state index in [1.165, 1.54) is 0 Å². The first-order valence-electron chi connectivity index (χ1n) is 4.18. The minimum Gasteiger partial charge on any atom is -0.288 e. The molecule has 14 heavy (non-hydrogen) atoms. The fourth-order valence-corrected chi connectivity index (χ4v) is 2.98. The Hall–Kier alpha value is -1.20. The monoisotopic (exact) mass is 221 g/mol. The topological polar surface area (TPSA) is 30.2 Å². The first-order chi connectivity index (χ1) is 6.86. The van der Waals surface area contributed by atoms with Gasteiger partial charge in [0, 0.05) is 23.2 Å². The zero-order chi connectivity index (χ0) is 9.54. The average Bonchev–Trinajstić information content (AvgIpc) is 2.78. The molecule has 0 radical (unpaired) electrons. The highest BCUT2D eigenvalue weighted by Crippen LogP contribution is 2.27. The molecular weight excluding hydrogens is 214 g/mol. The van der Waals surface area contributed by atoms with Crippen LogP contribution in [0.25, 0.3) is 15.7 Å². The summed E-state index contributed by atoms with van der Waals surface area (Å²) in [6.45, 7) is 2.02. The van der Waals surface area contributed by atoms with Gasteiger partial charge in [-0.3, -0.25) is 4.40 Å². The Balaban J connectivity index is 2.38. The second-order valence-electron chi connectivity index (χ2n) is 2.94. The summed E-state index contributed by atoms with van der Waals surface area (Å²) in [4.78, 5) is 9.82. The fraction of sp³-hybridized carbons (Fsp3) is 0.111. The molecule has 0 aliphatic rings. The summed E-state index contributed by atoms with van der Waals surface area (Å²) in [5.41, 5.74) is 2.17. The quantitative estimate of drug-likeness (QED) is 0.632. The normalized spacial score (nSPS) is 11.2. The lowest BCUT2D eigenvalue weighted by Crippen LogP contribution is -1.84. The molecule has 0 aliphatic carbocycles. The van der Waals surface area contributed by atoms with E-state index in [9.17, 15) is 0 Å². The molecule has 3 heterocycles. The molecule has 0 spiro atoms. The molecule has 5 heteroatoms. The van der Waals surface area contributed by atoms with Gasteiger partial charge in [0.15, 0.2) is 4.96 Å². The molecule has 3 rings (SSSR count). The van der Waals surface area contributed by atoms with E-state index < -0.39 is 0 Å². The predicted molar refractivity (Wildman–Crippen MR) is 58.9 cm³/mol. The van der Waals surface area contributed by atoms with E-state index in [0.29, 0.717) is 0 Å². The van der Waals surface area contributed by atoms with Crippen LogP contribution in [0.15, 0.2) is 23.2 Å². The summed E-state index contributed by atoms with van der Waals surface area (Å²) in [6, 6.07) is 0. The van der Waals surface area contributed by atoms with Crippen LogP contribution < -0.4 is 0 Å². The lowest BCUT2D eigenvalue weighted by molar-refractivity contribution is 1.21. The number of rotatable bonds is 1. The number of thiazole rings is 2. The summed E-state index contributed by atoms with van der Waals surface area (Å²) in [6.07, 6.45) is 3.86. The molecule has 0 atom stereocenters. The molecule has 3 aromatic heterocycles. The van der Waals surface area contributed by atoms with Crippen LogP contribution in [0, 0.1) is 6.92 Å². The summed E-state index contributed by atoms with van der Waals surface area (Å²) >= 11 is 3.29. The van der Waals surface area contributed by atoms with Gasteiger partial charge in [-0.25, -0.2) is 9.97 Å². The third-order valence-corrected chi connectivity index (χ3v) is 3.61. The summed E-state index contributed by atoms with van der Waals surface area (Å²) in [5, 5.41) is 5.06. The van der Waals surface area contributed by atoms with Gasteiger partial charge in [-0.2, -0.15) is 0 Å². The number of fused-ring (bicyclic) bond motifs is 1. The Labute approximate surface area is 88.7 Å². The summed E-state index contributed by atoms with van der Waals surface area (Å²) < 4.78 is 2.10. The van der Waals surface area contributed by atoms with Gasteiger partial charge in [0.1, 0.15) is 10.7 Å². The Bertz CT molecular complexity index is 562. The minimum absolute atomic E-state index is 1.03. The minimum atomic E-state index is 1.03. The van der Waals surface area contributed by atoms with Crippen molar-refractivity contribution in [3.63, 3.8) is 0 Å². The first-order valence-corrected chi connectivity index (χ1v) is 5.94. The van der Waals surface area contributed by atoms with E-state index in [2.05, 4.69) is 14.4 Å². The molecule has 0 aliphatic heterocycles. The van der Waals surface area contributed by atoms with Crippen molar-refractivity contribution in [3.05, 3.63) is 28.8 Å². The molecule has 3 nitrogen and oxygen atoms in total. The summed E-state index contributed by atoms with van der Waals surface area (Å²) in [7, 11) is 0. The molecule has 0 saturated heterocycles. The van der Waals surface area contributed by atoms with Crippen LogP contribution in [-0.4, -0.2) is 14.4 Å². The number of nitrogens with zero attached hydrogens (tertiary/aromatic N) is 3. The molecule has 0 unspecified atom stereocenters. The van der Waals surface area contributed by atoms with Crippen molar-refractivity contribution in [2.24, 2.45) is 0 Å². The van der Waals surface area contributed by atoms with Gasteiger partial charge in [0.05, 0.1) is 5.69 Å². The standard InChI is InChI=1S/C9H7N3S2/c1-6-7(8-10-2-4-13-8)12-3-5-14-9(12)11-6/h2-5H,1H3. The van der Waals surface area contributed by atoms with Crippen LogP contribution in [0.5, 0.6) is 0 Å². The average molecular weight is 221 g/mol. The second kappa shape index (κ2) is 2.90. The smallest absolute Gasteiger partial charge is 0.194 e. The highest BCUT2D eigenvalue weighted by Gasteiger charge is 2.12. The molecule has 70 valence electrons. The largest absolute Gasteiger partial charge is 0.288 e. The van der Waals surface area contributed by atoms with Crippen molar-refractivity contribution < 1.29 is 0 Å². The Kier molecular flexibility index (Phi) is 1.68. The van der Waals surface area contributed by atoms with Gasteiger partial charge in [0.2, 0.25) is 0 Å². The second-order valence-corrected chi connectivity index (χ2v) is 4.71. The fourth-order valence-electron chi connectivity index (χ4n) is 1.49. The number of imidazole rings is 1. The predicted octanol–water partition coefficient (Wildman–Crippen LogP) is 2.83. The molecule has 0 aromatic carbocycles. The highest BCUT2D eigenvalue weighted by molar-refractivity contribution is 7.15. The van der Waals surface area contributed by atoms with Crippen LogP contribution in [0.1, 0.15) is 5.69 Å². The maximum atomic E-state index is 4.48. The van der Waals surface area contributed by atoms with Gasteiger partial charge < -0.3 is 0 Å². The van der Waals surface area contributed by atoms with Gasteiger partial charge in [0.25, 0.3) is 0 Å². The van der Waals surface area contributed by atoms with Gasteiger partial charge in [-0.15, -0.1) is 22.7 Å². The van der Waals surface area contributed by atoms with Gasteiger partial charge in [-0.1, -0.05) is 0 Å². The van der Waals surface area contributed by atoms with Crippen molar-refractivity contribution in [3.8, 4) is 10.7 Å². The Morgan fingerprint density at radius 1 is 1.29 bits per heavy atom. The molecule has 3 aromatic rings. The SMILES string of the molecule is Cc1nc2sccn2c1-c1nccs1. The lowest BCUT2D eigenvalue weighted by Gasteiger charge is -1.94. The van der Waals surface area contributed by atoms with Crippen molar-refractivity contribution >= 4 is 27.6 Å². The van der Waals surface area contributed by atoms with Crippen LogP contribution in [0.4, 0.5) is 0 Å². The number of aromatic nitrogens is 3. The molecule has 0 fully saturated rings. The van der Waals surface area contributed by atoms with Crippen molar-refractivity contribution in [1.29, 1.82) is 0 Å². The zero-order valence-electron chi connectivity index (χ0n) is 7.47. The van der Waals surface area contributed by atoms with E-state index in [1.807, 2.05) is 30.1 Å². The number of hydrogen-bond donors (Lipinski definition) is 0. The van der Waals surface area contributed by atoms with E-state index in [4.69, 9.17) is 0 Å². The molecule has 0 N–H and O–H groups in total. The van der Waals surface area contributed by atoms with Crippen molar-refractivity contribution in [1.82, 2.24) is 14.4 Å². The lowest BCUT2D eigenvalue weighted by atomic mass is 10.3. The third-order valence-electron chi connectivity index (χ3n) is 2.07. The Morgan fingerprint density at radius 2 is 2.21 bits per heavy atom. The van der Waals surface area contributed by atoms with Crippen LogP contribution in [-0.2, 0) is 0 Å². The van der Waals surface area contributed by atoms with Crippen LogP contribution in [0.2, 0.25) is 0 Å². The van der Waals surface area contributed by atoms with Crippen LogP contribution >= 0.6 is 22.7 Å². The molecule has 0 bridgehead atoms. The van der Waals surface area contributed by atoms with E-state index in [1.54, 1.807) is 22.7 Å². The maximum absolute atomic E-state index is 4.48. The van der Waals surface area contributed by atoms with Crippen LogP contribution in [0.3, 0.4) is 0 Å². The molecule has 0 saturated carbocycles. The van der Waals surface area contributed by atoms with Gasteiger partial charge in [-0.05, 0) is 6.92 Å². The van der Waals surface area contributed by atoms with Crippen molar-refractivity contribution in [2.45, 2.75) is 6.92 Å². The van der Waals surface area contributed by atoms with E-state index in [-0.39, 0.29) is 0 Å². The third kappa shape index (κ3) is 1.03. The van der Waals surface area contributed by atoms with E-state index in [0.717, 1.165) is 21.4 Å². The van der Waals surface area contributed by atoms with Gasteiger partial charge >= 0.3 is 0 Å². The van der Waals surface area contributed by atoms with Crippen molar-refractivity contribution in [2.75, 3.05) is 0 Å². The summed E-state index contributed by atoms with van der Waals surface area (Å²) in [5.74, 6) is 0.